The molecule has 0 bridgehead atoms. The van der Waals surface area contributed by atoms with Gasteiger partial charge in [-0.3, -0.25) is 4.79 Å². The summed E-state index contributed by atoms with van der Waals surface area (Å²) < 4.78 is 45.0. The lowest BCUT2D eigenvalue weighted by Crippen LogP contribution is -2.30. The van der Waals surface area contributed by atoms with E-state index in [4.69, 9.17) is 5.53 Å². The maximum absolute atomic E-state index is 11.4. The Labute approximate surface area is 107 Å². The molecular weight excluding hydrogens is 336 g/mol. The van der Waals surface area contributed by atoms with Gasteiger partial charge in [0.1, 0.15) is 0 Å². The fourth-order valence-corrected chi connectivity index (χ4v) is 2.95. The second kappa shape index (κ2) is 5.67. The highest BCUT2D eigenvalue weighted by Crippen LogP contribution is 2.12. The largest absolute Gasteiger partial charge is 0.462 e. The first-order chi connectivity index (χ1) is 7.54. The van der Waals surface area contributed by atoms with Gasteiger partial charge in [-0.25, -0.2) is 8.42 Å². The Morgan fingerprint density at radius 1 is 1.29 bits per heavy atom. The molecule has 0 N–H and O–H groups in total. The standard InChI is InChI=1S/C7H9BrN2O5S2/c1-5(8)3-4-6(11)7(10-9)17(14,15)16(2,12)13/h1,3-4H2,2H3. The van der Waals surface area contributed by atoms with E-state index in [-0.39, 0.29) is 12.8 Å². The summed E-state index contributed by atoms with van der Waals surface area (Å²) in [5.41, 5.74) is 8.45. The molecule has 0 saturated carbocycles. The Kier molecular flexibility index (Phi) is 5.40. The molecule has 0 unspecified atom stereocenters. The molecular formula is C7H9BrN2O5S2. The summed E-state index contributed by atoms with van der Waals surface area (Å²) in [7, 11) is -9.53. The molecule has 0 amide bonds. The second-order valence-electron chi connectivity index (χ2n) is 3.00. The number of halogens is 1. The predicted octanol–water partition coefficient (Wildman–Crippen LogP) is 0.247. The molecule has 0 spiro atoms. The van der Waals surface area contributed by atoms with Gasteiger partial charge in [0.2, 0.25) is 0 Å². The quantitative estimate of drug-likeness (QED) is 0.232. The van der Waals surface area contributed by atoms with Gasteiger partial charge >= 0.3 is 13.9 Å². The molecule has 96 valence electrons. The molecule has 0 rings (SSSR count). The molecule has 0 aromatic carbocycles. The van der Waals surface area contributed by atoms with Gasteiger partial charge in [-0.1, -0.05) is 22.5 Å². The molecule has 0 aliphatic rings. The predicted molar refractivity (Wildman–Crippen MR) is 64.7 cm³/mol. The SMILES string of the molecule is C=C(Br)CCC(=O)C(=[N+]=[N-])S(=O)(=O)S(C)(=O)=O. The molecule has 0 heterocycles. The summed E-state index contributed by atoms with van der Waals surface area (Å²) in [6.45, 7) is 3.42. The van der Waals surface area contributed by atoms with Crippen LogP contribution in [0.4, 0.5) is 0 Å². The Hall–Kier alpha value is -0.830. The molecule has 17 heavy (non-hydrogen) atoms. The molecule has 0 saturated heterocycles. The zero-order valence-corrected chi connectivity index (χ0v) is 12.0. The summed E-state index contributed by atoms with van der Waals surface area (Å²) in [5.74, 6) is -1.10. The van der Waals surface area contributed by atoms with E-state index < -0.39 is 28.6 Å². The van der Waals surface area contributed by atoms with Crippen molar-refractivity contribution in [2.24, 2.45) is 0 Å². The minimum Gasteiger partial charge on any atom is -0.360 e. The first kappa shape index (κ1) is 16.2. The van der Waals surface area contributed by atoms with Gasteiger partial charge in [-0.2, -0.15) is 8.42 Å². The highest BCUT2D eigenvalue weighted by molar-refractivity contribution is 9.11. The van der Waals surface area contributed by atoms with Gasteiger partial charge in [-0.15, -0.1) is 4.79 Å². The average Bonchev–Trinajstić information content (AvgIpc) is 2.13. The van der Waals surface area contributed by atoms with E-state index in [9.17, 15) is 21.6 Å². The van der Waals surface area contributed by atoms with E-state index in [0.717, 1.165) is 0 Å². The van der Waals surface area contributed by atoms with Crippen LogP contribution in [-0.2, 0) is 22.5 Å². The average molecular weight is 345 g/mol. The van der Waals surface area contributed by atoms with Gasteiger partial charge in [0.25, 0.3) is 14.7 Å². The third kappa shape index (κ3) is 4.15. The Morgan fingerprint density at radius 2 is 1.76 bits per heavy atom. The van der Waals surface area contributed by atoms with Crippen molar-refractivity contribution in [3.05, 3.63) is 16.6 Å². The van der Waals surface area contributed by atoms with Crippen LogP contribution in [-0.4, -0.2) is 38.7 Å². The molecule has 0 atom stereocenters. The van der Waals surface area contributed by atoms with Crippen molar-refractivity contribution < 1.29 is 26.4 Å². The number of ketones is 1. The van der Waals surface area contributed by atoms with Crippen molar-refractivity contribution in [3.63, 3.8) is 0 Å². The van der Waals surface area contributed by atoms with Crippen LogP contribution in [0.15, 0.2) is 11.1 Å². The topological polar surface area (TPSA) is 122 Å². The Morgan fingerprint density at radius 3 is 2.06 bits per heavy atom. The maximum atomic E-state index is 11.4. The fourth-order valence-electron chi connectivity index (χ4n) is 0.745. The van der Waals surface area contributed by atoms with Crippen LogP contribution in [0.5, 0.6) is 0 Å². The van der Waals surface area contributed by atoms with Crippen molar-refractivity contribution >= 4 is 44.5 Å². The van der Waals surface area contributed by atoms with E-state index in [2.05, 4.69) is 27.3 Å². The minimum atomic E-state index is -4.96. The van der Waals surface area contributed by atoms with Crippen LogP contribution in [0.1, 0.15) is 12.8 Å². The van der Waals surface area contributed by atoms with Crippen LogP contribution in [0.3, 0.4) is 0 Å². The van der Waals surface area contributed by atoms with Crippen LogP contribution < -0.4 is 0 Å². The van der Waals surface area contributed by atoms with E-state index >= 15 is 0 Å². The summed E-state index contributed by atoms with van der Waals surface area (Å²) in [6, 6.07) is 0. The van der Waals surface area contributed by atoms with Crippen LogP contribution >= 0.6 is 15.9 Å². The highest BCUT2D eigenvalue weighted by Gasteiger charge is 2.43. The molecule has 0 aromatic rings. The molecule has 7 nitrogen and oxygen atoms in total. The maximum Gasteiger partial charge on any atom is 0.462 e. The fraction of sp³-hybridized carbons (Fsp3) is 0.429. The van der Waals surface area contributed by atoms with E-state index in [0.29, 0.717) is 10.7 Å². The highest BCUT2D eigenvalue weighted by atomic mass is 79.9. The second-order valence-corrected chi connectivity index (χ2v) is 9.96. The van der Waals surface area contributed by atoms with Crippen LogP contribution in [0.2, 0.25) is 0 Å². The number of carbonyl (C=O) groups excluding carboxylic acids is 1. The van der Waals surface area contributed by atoms with Crippen molar-refractivity contribution in [3.8, 4) is 0 Å². The Bertz CT molecular complexity index is 598. The number of hydrogen-bond donors (Lipinski definition) is 0. The minimum absolute atomic E-state index is 0.0944. The third-order valence-electron chi connectivity index (χ3n) is 1.59. The third-order valence-corrected chi connectivity index (χ3v) is 6.43. The monoisotopic (exact) mass is 344 g/mol. The van der Waals surface area contributed by atoms with E-state index in [1.165, 1.54) is 0 Å². The zero-order chi connectivity index (χ0) is 13.9. The lowest BCUT2D eigenvalue weighted by atomic mass is 10.2. The van der Waals surface area contributed by atoms with E-state index in [1.807, 2.05) is 0 Å². The number of hydrogen-bond acceptors (Lipinski definition) is 5. The smallest absolute Gasteiger partial charge is 0.360 e. The number of Topliss-reactive ketones (excluding diaryl/α,β-unsaturated/α-hetero) is 1. The molecule has 0 fully saturated rings. The van der Waals surface area contributed by atoms with Crippen molar-refractivity contribution in [1.29, 1.82) is 0 Å². The number of carbonyl (C=O) groups is 1. The van der Waals surface area contributed by atoms with Crippen molar-refractivity contribution in [2.75, 3.05) is 6.26 Å². The van der Waals surface area contributed by atoms with Gasteiger partial charge < -0.3 is 5.53 Å². The molecule has 0 aromatic heterocycles. The molecule has 10 heteroatoms. The number of allylic oxidation sites excluding steroid dienone is 1. The first-order valence-electron chi connectivity index (χ1n) is 4.07. The van der Waals surface area contributed by atoms with Crippen molar-refractivity contribution in [1.82, 2.24) is 0 Å². The summed E-state index contributed by atoms with van der Waals surface area (Å²) in [5, 5.41) is -1.38. The number of rotatable bonds is 5. The van der Waals surface area contributed by atoms with Gasteiger partial charge in [-0.05, 0) is 10.9 Å². The molecule has 0 radical (unpaired) electrons. The zero-order valence-electron chi connectivity index (χ0n) is 8.75. The first-order valence-corrected chi connectivity index (χ1v) is 8.76. The summed E-state index contributed by atoms with van der Waals surface area (Å²) in [4.78, 5) is 13.6. The molecule has 0 aliphatic heterocycles. The van der Waals surface area contributed by atoms with Gasteiger partial charge in [0, 0.05) is 6.42 Å². The van der Waals surface area contributed by atoms with Crippen molar-refractivity contribution in [2.45, 2.75) is 12.8 Å². The Balaban J connectivity index is 5.37. The van der Waals surface area contributed by atoms with Crippen LogP contribution in [0, 0.1) is 0 Å². The number of nitrogens with zero attached hydrogens (tertiary/aromatic N) is 2. The van der Waals surface area contributed by atoms with E-state index in [1.54, 1.807) is 0 Å². The normalized spacial score (nSPS) is 11.6. The summed E-state index contributed by atoms with van der Waals surface area (Å²) >= 11 is 2.95. The van der Waals surface area contributed by atoms with Crippen LogP contribution in [0.25, 0.3) is 5.53 Å². The lowest BCUT2D eigenvalue weighted by molar-refractivity contribution is -0.116. The summed E-state index contributed by atoms with van der Waals surface area (Å²) in [6.07, 6.45) is 0.166. The molecule has 0 aliphatic carbocycles. The lowest BCUT2D eigenvalue weighted by Gasteiger charge is -1.97. The van der Waals surface area contributed by atoms with Gasteiger partial charge in [0.05, 0.1) is 6.26 Å². The van der Waals surface area contributed by atoms with Gasteiger partial charge in [0.15, 0.2) is 0 Å².